The van der Waals surface area contributed by atoms with Crippen LogP contribution in [-0.4, -0.2) is 34.8 Å². The Hall–Kier alpha value is -1.63. The summed E-state index contributed by atoms with van der Waals surface area (Å²) in [5.74, 6) is 1.06. The van der Waals surface area contributed by atoms with Crippen molar-refractivity contribution in [2.24, 2.45) is 0 Å². The summed E-state index contributed by atoms with van der Waals surface area (Å²) in [6.07, 6.45) is 7.76. The zero-order valence-corrected chi connectivity index (χ0v) is 17.4. The first-order valence-corrected chi connectivity index (χ1v) is 10.6. The number of nitrogens with one attached hydrogen (secondary N) is 2. The van der Waals surface area contributed by atoms with E-state index in [9.17, 15) is 0 Å². The molecule has 5 nitrogen and oxygen atoms in total. The Morgan fingerprint density at radius 3 is 2.50 bits per heavy atom. The Balaban J connectivity index is 1.49. The molecule has 3 aliphatic rings. The number of imidazole rings is 1. The second-order valence-corrected chi connectivity index (χ2v) is 9.43. The molecule has 0 bridgehead atoms. The van der Waals surface area contributed by atoms with Crippen molar-refractivity contribution in [3.05, 3.63) is 35.3 Å². The standard InChI is InChI=1S/C22H30BN3O2/c1-21(2)22(3,4)28-23(27-21)17-11-10-16(14-7-5-8-15(14)17)19-13-25-20(26-19)18-9-6-12-24-18/h10-11,13,18,24H,5-9,12H2,1-4H3,(H,25,26)/t18-/m0/s1. The summed E-state index contributed by atoms with van der Waals surface area (Å²) in [5, 5.41) is 3.52. The number of aromatic nitrogens is 2. The smallest absolute Gasteiger partial charge is 0.399 e. The van der Waals surface area contributed by atoms with Gasteiger partial charge >= 0.3 is 7.12 Å². The highest BCUT2D eigenvalue weighted by Crippen LogP contribution is 2.38. The lowest BCUT2D eigenvalue weighted by atomic mass is 9.74. The topological polar surface area (TPSA) is 59.2 Å². The maximum Gasteiger partial charge on any atom is 0.495 e. The van der Waals surface area contributed by atoms with Gasteiger partial charge in [-0.15, -0.1) is 0 Å². The average Bonchev–Trinajstić information content (AvgIpc) is 3.41. The van der Waals surface area contributed by atoms with Gasteiger partial charge in [0.2, 0.25) is 0 Å². The SMILES string of the molecule is CC1(C)OB(c2ccc(-c3cnc([C@@H]4CCCN4)[nH]3)c3c2CCC3)OC1(C)C. The number of benzene rings is 1. The molecule has 0 radical (unpaired) electrons. The summed E-state index contributed by atoms with van der Waals surface area (Å²) in [5.41, 5.74) is 5.83. The van der Waals surface area contributed by atoms with Crippen LogP contribution in [0.4, 0.5) is 0 Å². The maximum absolute atomic E-state index is 6.34. The molecule has 2 aliphatic heterocycles. The molecule has 2 saturated heterocycles. The number of hydrogen-bond acceptors (Lipinski definition) is 4. The molecule has 6 heteroatoms. The molecule has 3 heterocycles. The van der Waals surface area contributed by atoms with Crippen LogP contribution in [0.5, 0.6) is 0 Å². The first kappa shape index (κ1) is 18.4. The third kappa shape index (κ3) is 2.85. The van der Waals surface area contributed by atoms with Crippen LogP contribution >= 0.6 is 0 Å². The van der Waals surface area contributed by atoms with E-state index in [1.165, 1.54) is 35.0 Å². The normalized spacial score (nSPS) is 25.4. The number of hydrogen-bond donors (Lipinski definition) is 2. The highest BCUT2D eigenvalue weighted by molar-refractivity contribution is 6.62. The van der Waals surface area contributed by atoms with Crippen molar-refractivity contribution in [1.82, 2.24) is 15.3 Å². The summed E-state index contributed by atoms with van der Waals surface area (Å²) in [6.45, 7) is 9.55. The van der Waals surface area contributed by atoms with E-state index < -0.39 is 0 Å². The van der Waals surface area contributed by atoms with Gasteiger partial charge in [0.05, 0.1) is 29.1 Å². The van der Waals surface area contributed by atoms with Crippen molar-refractivity contribution in [3.8, 4) is 11.3 Å². The van der Waals surface area contributed by atoms with Crippen LogP contribution in [0.1, 0.15) is 70.0 Å². The predicted molar refractivity (Wildman–Crippen MR) is 112 cm³/mol. The Morgan fingerprint density at radius 1 is 1.04 bits per heavy atom. The molecule has 1 aromatic carbocycles. The monoisotopic (exact) mass is 379 g/mol. The van der Waals surface area contributed by atoms with Gasteiger partial charge in [-0.1, -0.05) is 12.1 Å². The molecule has 0 amide bonds. The van der Waals surface area contributed by atoms with Gasteiger partial charge in [-0.2, -0.15) is 0 Å². The highest BCUT2D eigenvalue weighted by atomic mass is 16.7. The molecule has 1 aliphatic carbocycles. The lowest BCUT2D eigenvalue weighted by molar-refractivity contribution is 0.00578. The molecule has 0 spiro atoms. The van der Waals surface area contributed by atoms with Gasteiger partial charge in [-0.25, -0.2) is 4.98 Å². The van der Waals surface area contributed by atoms with Crippen LogP contribution in [0.15, 0.2) is 18.3 Å². The van der Waals surface area contributed by atoms with Gasteiger partial charge in [-0.3, -0.25) is 0 Å². The van der Waals surface area contributed by atoms with Crippen LogP contribution < -0.4 is 10.8 Å². The fraction of sp³-hybridized carbons (Fsp3) is 0.591. The zero-order valence-electron chi connectivity index (χ0n) is 17.4. The van der Waals surface area contributed by atoms with E-state index in [0.717, 1.165) is 37.3 Å². The van der Waals surface area contributed by atoms with E-state index in [1.54, 1.807) is 0 Å². The zero-order chi connectivity index (χ0) is 19.5. The van der Waals surface area contributed by atoms with E-state index >= 15 is 0 Å². The summed E-state index contributed by atoms with van der Waals surface area (Å²) in [4.78, 5) is 8.25. The third-order valence-corrected chi connectivity index (χ3v) is 7.10. The molecule has 1 aromatic heterocycles. The minimum absolute atomic E-state index is 0.286. The second kappa shape index (κ2) is 6.44. The van der Waals surface area contributed by atoms with Crippen LogP contribution in [-0.2, 0) is 22.2 Å². The minimum atomic E-state index is -0.311. The number of rotatable bonds is 3. The van der Waals surface area contributed by atoms with E-state index in [4.69, 9.17) is 9.31 Å². The van der Waals surface area contributed by atoms with Gasteiger partial charge in [0.15, 0.2) is 0 Å². The van der Waals surface area contributed by atoms with Gasteiger partial charge in [0.1, 0.15) is 5.82 Å². The lowest BCUT2D eigenvalue weighted by Gasteiger charge is -2.32. The van der Waals surface area contributed by atoms with Gasteiger partial charge in [0.25, 0.3) is 0 Å². The van der Waals surface area contributed by atoms with E-state index in [0.29, 0.717) is 6.04 Å². The molecule has 2 aromatic rings. The van der Waals surface area contributed by atoms with Gasteiger partial charge in [0, 0.05) is 5.56 Å². The molecule has 0 unspecified atom stereocenters. The summed E-state index contributed by atoms with van der Waals surface area (Å²) >= 11 is 0. The number of H-pyrrole nitrogens is 1. The Kier molecular flexibility index (Phi) is 4.24. The fourth-order valence-corrected chi connectivity index (χ4v) is 4.75. The molecular formula is C22H30BN3O2. The van der Waals surface area contributed by atoms with E-state index in [-0.39, 0.29) is 18.3 Å². The largest absolute Gasteiger partial charge is 0.495 e. The molecular weight excluding hydrogens is 349 g/mol. The van der Waals surface area contributed by atoms with Crippen molar-refractivity contribution in [3.63, 3.8) is 0 Å². The first-order chi connectivity index (χ1) is 13.4. The van der Waals surface area contributed by atoms with Gasteiger partial charge in [-0.05, 0) is 82.9 Å². The van der Waals surface area contributed by atoms with E-state index in [2.05, 4.69) is 55.1 Å². The van der Waals surface area contributed by atoms with Crippen molar-refractivity contribution in [2.75, 3.05) is 6.54 Å². The molecule has 2 N–H and O–H groups in total. The fourth-order valence-electron chi connectivity index (χ4n) is 4.75. The summed E-state index contributed by atoms with van der Waals surface area (Å²) < 4.78 is 12.7. The Labute approximate surface area is 167 Å². The molecule has 1 atom stereocenters. The number of aromatic amines is 1. The van der Waals surface area contributed by atoms with E-state index in [1.807, 2.05) is 6.20 Å². The molecule has 148 valence electrons. The van der Waals surface area contributed by atoms with Crippen LogP contribution in [0.2, 0.25) is 0 Å². The van der Waals surface area contributed by atoms with Crippen LogP contribution in [0.3, 0.4) is 0 Å². The third-order valence-electron chi connectivity index (χ3n) is 7.10. The van der Waals surface area contributed by atoms with Crippen molar-refractivity contribution in [2.45, 2.75) is 77.0 Å². The summed E-state index contributed by atoms with van der Waals surface area (Å²) in [7, 11) is -0.286. The summed E-state index contributed by atoms with van der Waals surface area (Å²) in [6, 6.07) is 4.80. The Morgan fingerprint density at radius 2 is 1.79 bits per heavy atom. The lowest BCUT2D eigenvalue weighted by Crippen LogP contribution is -2.41. The number of fused-ring (bicyclic) bond motifs is 1. The van der Waals surface area contributed by atoms with Crippen molar-refractivity contribution < 1.29 is 9.31 Å². The highest BCUT2D eigenvalue weighted by Gasteiger charge is 2.52. The predicted octanol–water partition coefficient (Wildman–Crippen LogP) is 3.29. The van der Waals surface area contributed by atoms with Crippen LogP contribution in [0.25, 0.3) is 11.3 Å². The van der Waals surface area contributed by atoms with Gasteiger partial charge < -0.3 is 19.6 Å². The average molecular weight is 379 g/mol. The molecule has 2 fully saturated rings. The second-order valence-electron chi connectivity index (χ2n) is 9.43. The van der Waals surface area contributed by atoms with Crippen LogP contribution in [0, 0.1) is 0 Å². The Bertz CT molecular complexity index is 883. The molecule has 0 saturated carbocycles. The maximum atomic E-state index is 6.34. The first-order valence-electron chi connectivity index (χ1n) is 10.6. The van der Waals surface area contributed by atoms with Crippen molar-refractivity contribution >= 4 is 12.6 Å². The van der Waals surface area contributed by atoms with Crippen molar-refractivity contribution in [1.29, 1.82) is 0 Å². The molecule has 28 heavy (non-hydrogen) atoms. The number of nitrogens with zero attached hydrogens (tertiary/aromatic N) is 1. The molecule has 5 rings (SSSR count). The minimum Gasteiger partial charge on any atom is -0.399 e. The quantitative estimate of drug-likeness (QED) is 0.804.